The van der Waals surface area contributed by atoms with Gasteiger partial charge in [0, 0.05) is 5.69 Å². The van der Waals surface area contributed by atoms with Crippen molar-refractivity contribution in [2.45, 2.75) is 45.1 Å². The van der Waals surface area contributed by atoms with E-state index in [0.717, 1.165) is 19.3 Å². The van der Waals surface area contributed by atoms with E-state index in [1.165, 1.54) is 17.2 Å². The number of fused-ring (bicyclic) bond motifs is 1. The molecule has 0 bridgehead atoms. The lowest BCUT2D eigenvalue weighted by atomic mass is 9.88. The van der Waals surface area contributed by atoms with Gasteiger partial charge >= 0.3 is 0 Å². The minimum absolute atomic E-state index is 0.000115. The van der Waals surface area contributed by atoms with Crippen molar-refractivity contribution in [2.24, 2.45) is 5.92 Å². The fourth-order valence-corrected chi connectivity index (χ4v) is 5.35. The van der Waals surface area contributed by atoms with Crippen LogP contribution in [0.15, 0.2) is 66.7 Å². The number of anilines is 1. The molecule has 1 N–H and O–H groups in total. The van der Waals surface area contributed by atoms with Gasteiger partial charge in [-0.2, -0.15) is 0 Å². The van der Waals surface area contributed by atoms with Crippen LogP contribution in [0.5, 0.6) is 11.5 Å². The van der Waals surface area contributed by atoms with Crippen molar-refractivity contribution in [1.82, 2.24) is 4.90 Å². The van der Waals surface area contributed by atoms with Gasteiger partial charge < -0.3 is 14.8 Å². The summed E-state index contributed by atoms with van der Waals surface area (Å²) in [7, 11) is 0. The fourth-order valence-electron chi connectivity index (χ4n) is 5.35. The average molecular weight is 516 g/mol. The number of piperidine rings is 1. The minimum atomic E-state index is -0.840. The van der Waals surface area contributed by atoms with Gasteiger partial charge in [0.2, 0.25) is 12.7 Å². The van der Waals surface area contributed by atoms with Crippen LogP contribution in [-0.4, -0.2) is 35.6 Å². The number of hydrogen-bond acceptors (Lipinski definition) is 6. The summed E-state index contributed by atoms with van der Waals surface area (Å²) in [5.74, 6) is 1.31. The summed E-state index contributed by atoms with van der Waals surface area (Å²) in [6.45, 7) is 5.55. The number of amides is 1. The van der Waals surface area contributed by atoms with Crippen molar-refractivity contribution < 1.29 is 19.2 Å². The Bertz CT molecular complexity index is 1290. The number of nitro benzene ring substituents is 1. The van der Waals surface area contributed by atoms with Crippen LogP contribution in [-0.2, 0) is 11.2 Å². The van der Waals surface area contributed by atoms with Gasteiger partial charge in [0.25, 0.3) is 5.69 Å². The number of likely N-dealkylation sites (tertiary alicyclic amines) is 1. The first-order valence-corrected chi connectivity index (χ1v) is 13.2. The van der Waals surface area contributed by atoms with E-state index in [0.29, 0.717) is 47.7 Å². The largest absolute Gasteiger partial charge is 0.454 e. The molecule has 0 aliphatic carbocycles. The third-order valence-corrected chi connectivity index (χ3v) is 7.49. The van der Waals surface area contributed by atoms with Crippen molar-refractivity contribution in [3.63, 3.8) is 0 Å². The zero-order valence-corrected chi connectivity index (χ0v) is 21.8. The van der Waals surface area contributed by atoms with Crippen LogP contribution in [0.4, 0.5) is 11.4 Å². The number of nitrogens with one attached hydrogen (secondary N) is 1. The fraction of sp³-hybridized carbons (Fsp3) is 0.367. The van der Waals surface area contributed by atoms with Crippen LogP contribution in [0.1, 0.15) is 55.3 Å². The molecule has 38 heavy (non-hydrogen) atoms. The molecule has 8 heteroatoms. The van der Waals surface area contributed by atoms with Gasteiger partial charge in [-0.1, -0.05) is 56.3 Å². The highest BCUT2D eigenvalue weighted by Crippen LogP contribution is 2.42. The van der Waals surface area contributed by atoms with E-state index in [4.69, 9.17) is 9.47 Å². The summed E-state index contributed by atoms with van der Waals surface area (Å²) in [6.07, 6.45) is 2.79. The summed E-state index contributed by atoms with van der Waals surface area (Å²) in [6, 6.07) is 20.3. The van der Waals surface area contributed by atoms with Crippen LogP contribution in [0.2, 0.25) is 0 Å². The molecular weight excluding hydrogens is 482 g/mol. The Labute approximate surface area is 222 Å². The van der Waals surface area contributed by atoms with Crippen LogP contribution in [0.25, 0.3) is 0 Å². The predicted molar refractivity (Wildman–Crippen MR) is 146 cm³/mol. The second-order valence-electron chi connectivity index (χ2n) is 10.4. The lowest BCUT2D eigenvalue weighted by Crippen LogP contribution is -2.42. The summed E-state index contributed by atoms with van der Waals surface area (Å²) in [5.41, 5.74) is 3.31. The number of nitro groups is 1. The summed E-state index contributed by atoms with van der Waals surface area (Å²) in [4.78, 5) is 27.5. The molecule has 3 aromatic carbocycles. The van der Waals surface area contributed by atoms with Crippen molar-refractivity contribution in [3.05, 3.63) is 93.5 Å². The Balaban J connectivity index is 1.42. The van der Waals surface area contributed by atoms with Crippen LogP contribution in [0.3, 0.4) is 0 Å². The summed E-state index contributed by atoms with van der Waals surface area (Å²) in [5, 5.41) is 15.1. The maximum Gasteiger partial charge on any atom is 0.278 e. The smallest absolute Gasteiger partial charge is 0.278 e. The molecule has 2 aliphatic heterocycles. The lowest BCUT2D eigenvalue weighted by Gasteiger charge is -2.37. The first kappa shape index (κ1) is 25.7. The lowest BCUT2D eigenvalue weighted by molar-refractivity contribution is -0.386. The molecular formula is C30H33N3O5. The molecule has 1 atom stereocenters. The number of carbonyl (C=O) groups excluding carboxylic acids is 1. The van der Waals surface area contributed by atoms with E-state index in [1.807, 2.05) is 30.3 Å². The molecule has 0 spiro atoms. The molecule has 2 aliphatic rings. The van der Waals surface area contributed by atoms with Gasteiger partial charge in [-0.15, -0.1) is 0 Å². The summed E-state index contributed by atoms with van der Waals surface area (Å²) < 4.78 is 10.9. The third kappa shape index (κ3) is 5.65. The minimum Gasteiger partial charge on any atom is -0.454 e. The van der Waals surface area contributed by atoms with Gasteiger partial charge in [0.15, 0.2) is 11.5 Å². The van der Waals surface area contributed by atoms with Gasteiger partial charge in [0.1, 0.15) is 6.04 Å². The molecule has 2 heterocycles. The van der Waals surface area contributed by atoms with Gasteiger partial charge in [-0.3, -0.25) is 19.8 Å². The number of hydrogen-bond donors (Lipinski definition) is 1. The summed E-state index contributed by atoms with van der Waals surface area (Å²) >= 11 is 0. The van der Waals surface area contributed by atoms with Crippen molar-refractivity contribution in [3.8, 4) is 11.5 Å². The van der Waals surface area contributed by atoms with Crippen LogP contribution >= 0.6 is 0 Å². The highest BCUT2D eigenvalue weighted by atomic mass is 16.7. The normalized spacial score (nSPS) is 16.4. The van der Waals surface area contributed by atoms with Crippen molar-refractivity contribution >= 4 is 17.3 Å². The van der Waals surface area contributed by atoms with E-state index in [-0.39, 0.29) is 18.4 Å². The maximum absolute atomic E-state index is 13.8. The first-order chi connectivity index (χ1) is 18.4. The Morgan fingerprint density at radius 3 is 2.32 bits per heavy atom. The Kier molecular flexibility index (Phi) is 7.60. The topological polar surface area (TPSA) is 93.9 Å². The molecule has 1 saturated heterocycles. The first-order valence-electron chi connectivity index (χ1n) is 13.2. The van der Waals surface area contributed by atoms with E-state index in [2.05, 4.69) is 48.3 Å². The monoisotopic (exact) mass is 515 g/mol. The molecule has 1 amide bonds. The molecule has 0 unspecified atom stereocenters. The Hall–Kier alpha value is -3.91. The van der Waals surface area contributed by atoms with E-state index in [1.54, 1.807) is 6.07 Å². The number of ether oxygens (including phenoxy) is 2. The predicted octanol–water partition coefficient (Wildman–Crippen LogP) is 6.08. The highest BCUT2D eigenvalue weighted by Gasteiger charge is 2.37. The van der Waals surface area contributed by atoms with E-state index in [9.17, 15) is 14.9 Å². The van der Waals surface area contributed by atoms with Crippen molar-refractivity contribution in [1.29, 1.82) is 0 Å². The van der Waals surface area contributed by atoms with E-state index >= 15 is 0 Å². The second kappa shape index (κ2) is 11.2. The highest BCUT2D eigenvalue weighted by molar-refractivity contribution is 5.96. The van der Waals surface area contributed by atoms with Crippen LogP contribution < -0.4 is 14.8 Å². The Morgan fingerprint density at radius 1 is 1.03 bits per heavy atom. The zero-order valence-electron chi connectivity index (χ0n) is 21.8. The maximum atomic E-state index is 13.8. The number of carbonyl (C=O) groups is 1. The quantitative estimate of drug-likeness (QED) is 0.289. The molecule has 3 aromatic rings. The van der Waals surface area contributed by atoms with Crippen LogP contribution in [0, 0.1) is 16.0 Å². The molecule has 0 aromatic heterocycles. The van der Waals surface area contributed by atoms with Gasteiger partial charge in [-0.25, -0.2) is 0 Å². The molecule has 0 radical (unpaired) electrons. The van der Waals surface area contributed by atoms with E-state index < -0.39 is 11.0 Å². The molecule has 0 saturated carbocycles. The number of nitrogens with zero attached hydrogens (tertiary/aromatic N) is 2. The SMILES string of the molecule is CC(C)c1ccc(NC(=O)[C@@H](c2cc3c(cc2[N+](=O)[O-])OCO3)N2CCC(Cc3ccccc3)CC2)cc1. The molecule has 8 nitrogen and oxygen atoms in total. The average Bonchev–Trinajstić information content (AvgIpc) is 3.38. The van der Waals surface area contributed by atoms with Gasteiger partial charge in [-0.05, 0) is 73.5 Å². The molecule has 5 rings (SSSR count). The molecule has 1 fully saturated rings. The standard InChI is InChI=1S/C30H33N3O5/c1-20(2)23-8-10-24(11-9-23)31-30(34)29(25-17-27-28(38-19-37-27)18-26(25)33(35)36)32-14-12-22(13-15-32)16-21-6-4-3-5-7-21/h3-11,17-18,20,22,29H,12-16,19H2,1-2H3,(H,31,34)/t29-/m1/s1. The second-order valence-corrected chi connectivity index (χ2v) is 10.4. The number of benzene rings is 3. The van der Waals surface area contributed by atoms with Gasteiger partial charge in [0.05, 0.1) is 16.6 Å². The third-order valence-electron chi connectivity index (χ3n) is 7.49. The van der Waals surface area contributed by atoms with Crippen molar-refractivity contribution in [2.75, 3.05) is 25.2 Å². The molecule has 198 valence electrons. The number of rotatable bonds is 8. The zero-order chi connectivity index (χ0) is 26.6. The Morgan fingerprint density at radius 2 is 1.68 bits per heavy atom.